The Bertz CT molecular complexity index is 653. The van der Waals surface area contributed by atoms with Crippen LogP contribution >= 0.6 is 12.4 Å². The zero-order valence-electron chi connectivity index (χ0n) is 13.3. The number of amides is 1. The maximum atomic E-state index is 12.0. The van der Waals surface area contributed by atoms with E-state index in [9.17, 15) is 4.79 Å². The van der Waals surface area contributed by atoms with Crippen LogP contribution in [0.25, 0.3) is 11.4 Å². The number of benzene rings is 1. The molecule has 24 heavy (non-hydrogen) atoms. The lowest BCUT2D eigenvalue weighted by molar-refractivity contribution is -0.116. The van der Waals surface area contributed by atoms with Crippen LogP contribution in [0.4, 0.5) is 5.69 Å². The van der Waals surface area contributed by atoms with Crippen LogP contribution in [0.2, 0.25) is 0 Å². The van der Waals surface area contributed by atoms with Crippen molar-refractivity contribution in [1.29, 1.82) is 0 Å². The fourth-order valence-electron chi connectivity index (χ4n) is 2.59. The molecule has 2 aromatic rings. The Kier molecular flexibility index (Phi) is 6.72. The Morgan fingerprint density at radius 1 is 1.38 bits per heavy atom. The van der Waals surface area contributed by atoms with E-state index >= 15 is 0 Å². The summed E-state index contributed by atoms with van der Waals surface area (Å²) in [6.07, 6.45) is 2.46. The van der Waals surface area contributed by atoms with Gasteiger partial charge in [-0.2, -0.15) is 5.10 Å². The molecular formula is C16H22ClN5O2. The standard InChI is InChI=1S/C16H21N5O2.ClH/c17-9-14-19-16(21-20-14)12-2-4-13(5-3-12)18-15(22)6-1-11-7-8-23-10-11;/h2-5,11H,1,6-10,17H2,(H,18,22)(H,19,20,21);1H. The first kappa shape index (κ1) is 18.4. The molecule has 0 bridgehead atoms. The summed E-state index contributed by atoms with van der Waals surface area (Å²) in [5, 5.41) is 9.80. The fraction of sp³-hybridized carbons (Fsp3) is 0.438. The topological polar surface area (TPSA) is 106 Å². The second-order valence-electron chi connectivity index (χ2n) is 5.70. The van der Waals surface area contributed by atoms with Gasteiger partial charge in [-0.3, -0.25) is 9.89 Å². The predicted octanol–water partition coefficient (Wildman–Crippen LogP) is 2.11. The summed E-state index contributed by atoms with van der Waals surface area (Å²) in [6, 6.07) is 7.46. The van der Waals surface area contributed by atoms with Gasteiger partial charge in [-0.05, 0) is 43.0 Å². The van der Waals surface area contributed by atoms with E-state index in [-0.39, 0.29) is 18.3 Å². The summed E-state index contributed by atoms with van der Waals surface area (Å²) < 4.78 is 5.32. The van der Waals surface area contributed by atoms with E-state index in [1.165, 1.54) is 0 Å². The SMILES string of the molecule is Cl.NCc1nc(-c2ccc(NC(=O)CCC3CCOC3)cc2)n[nH]1. The monoisotopic (exact) mass is 351 g/mol. The van der Waals surface area contributed by atoms with Crippen molar-refractivity contribution in [1.82, 2.24) is 15.2 Å². The molecule has 2 heterocycles. The first-order valence-electron chi connectivity index (χ1n) is 7.84. The maximum absolute atomic E-state index is 12.0. The number of halogens is 1. The molecule has 8 heteroatoms. The van der Waals surface area contributed by atoms with E-state index in [0.717, 1.165) is 37.3 Å². The third-order valence-corrected chi connectivity index (χ3v) is 3.96. The number of rotatable bonds is 6. The van der Waals surface area contributed by atoms with Crippen molar-refractivity contribution in [2.75, 3.05) is 18.5 Å². The highest BCUT2D eigenvalue weighted by Crippen LogP contribution is 2.20. The molecule has 1 amide bonds. The number of anilines is 1. The second kappa shape index (κ2) is 8.77. The highest BCUT2D eigenvalue weighted by molar-refractivity contribution is 5.90. The molecule has 130 valence electrons. The highest BCUT2D eigenvalue weighted by atomic mass is 35.5. The largest absolute Gasteiger partial charge is 0.381 e. The number of aromatic amines is 1. The Morgan fingerprint density at radius 3 is 2.79 bits per heavy atom. The number of hydrogen-bond acceptors (Lipinski definition) is 5. The summed E-state index contributed by atoms with van der Waals surface area (Å²) >= 11 is 0. The molecule has 1 fully saturated rings. The molecule has 1 aliphatic heterocycles. The minimum absolute atomic E-state index is 0. The van der Waals surface area contributed by atoms with Crippen LogP contribution in [0.3, 0.4) is 0 Å². The number of nitrogens with two attached hydrogens (primary N) is 1. The molecule has 0 saturated carbocycles. The lowest BCUT2D eigenvalue weighted by Gasteiger charge is -2.08. The Morgan fingerprint density at radius 2 is 2.17 bits per heavy atom. The Hall–Kier alpha value is -1.96. The van der Waals surface area contributed by atoms with Gasteiger partial charge in [0, 0.05) is 30.9 Å². The normalized spacial score (nSPS) is 16.6. The number of carbonyl (C=O) groups is 1. The van der Waals surface area contributed by atoms with Gasteiger partial charge in [0.2, 0.25) is 5.91 Å². The van der Waals surface area contributed by atoms with Crippen LogP contribution in [-0.2, 0) is 16.1 Å². The Labute approximate surface area is 146 Å². The van der Waals surface area contributed by atoms with Crippen LogP contribution in [0.1, 0.15) is 25.1 Å². The zero-order chi connectivity index (χ0) is 16.1. The quantitative estimate of drug-likeness (QED) is 0.739. The number of nitrogens with one attached hydrogen (secondary N) is 2. The van der Waals surface area contributed by atoms with Gasteiger partial charge in [-0.25, -0.2) is 4.98 Å². The molecule has 7 nitrogen and oxygen atoms in total. The number of H-pyrrole nitrogens is 1. The molecule has 4 N–H and O–H groups in total. The molecule has 3 rings (SSSR count). The average molecular weight is 352 g/mol. The van der Waals surface area contributed by atoms with Crippen molar-refractivity contribution >= 4 is 24.0 Å². The predicted molar refractivity (Wildman–Crippen MR) is 93.7 cm³/mol. The first-order valence-corrected chi connectivity index (χ1v) is 7.84. The number of ether oxygens (including phenoxy) is 1. The molecule has 1 atom stereocenters. The molecule has 1 unspecified atom stereocenters. The van der Waals surface area contributed by atoms with Gasteiger partial charge in [-0.15, -0.1) is 12.4 Å². The van der Waals surface area contributed by atoms with Crippen LogP contribution in [-0.4, -0.2) is 34.3 Å². The van der Waals surface area contributed by atoms with Gasteiger partial charge in [0.1, 0.15) is 5.82 Å². The molecule has 1 aliphatic rings. The van der Waals surface area contributed by atoms with Crippen molar-refractivity contribution in [3.05, 3.63) is 30.1 Å². The fourth-order valence-corrected chi connectivity index (χ4v) is 2.59. The maximum Gasteiger partial charge on any atom is 0.224 e. The van der Waals surface area contributed by atoms with Crippen LogP contribution in [0.15, 0.2) is 24.3 Å². The summed E-state index contributed by atoms with van der Waals surface area (Å²) in [5.41, 5.74) is 7.16. The van der Waals surface area contributed by atoms with Crippen LogP contribution in [0, 0.1) is 5.92 Å². The minimum Gasteiger partial charge on any atom is -0.381 e. The van der Waals surface area contributed by atoms with Gasteiger partial charge >= 0.3 is 0 Å². The van der Waals surface area contributed by atoms with Crippen molar-refractivity contribution in [3.63, 3.8) is 0 Å². The average Bonchev–Trinajstić information content (AvgIpc) is 3.25. The third kappa shape index (κ3) is 4.77. The summed E-state index contributed by atoms with van der Waals surface area (Å²) in [7, 11) is 0. The van der Waals surface area contributed by atoms with E-state index in [2.05, 4.69) is 20.5 Å². The Balaban J connectivity index is 0.00000208. The van der Waals surface area contributed by atoms with Gasteiger partial charge in [0.25, 0.3) is 0 Å². The van der Waals surface area contributed by atoms with Crippen molar-refractivity contribution in [2.24, 2.45) is 11.7 Å². The van der Waals surface area contributed by atoms with Crippen molar-refractivity contribution in [3.8, 4) is 11.4 Å². The van der Waals surface area contributed by atoms with Crippen LogP contribution in [0.5, 0.6) is 0 Å². The molecule has 1 aromatic carbocycles. The minimum atomic E-state index is 0. The van der Waals surface area contributed by atoms with Gasteiger partial charge in [0.05, 0.1) is 6.54 Å². The van der Waals surface area contributed by atoms with E-state index in [0.29, 0.717) is 30.5 Å². The number of carbonyl (C=O) groups excluding carboxylic acids is 1. The smallest absolute Gasteiger partial charge is 0.224 e. The summed E-state index contributed by atoms with van der Waals surface area (Å²) in [5.74, 6) is 1.80. The van der Waals surface area contributed by atoms with E-state index < -0.39 is 0 Å². The molecular weight excluding hydrogens is 330 g/mol. The number of nitrogens with zero attached hydrogens (tertiary/aromatic N) is 2. The molecule has 0 spiro atoms. The summed E-state index contributed by atoms with van der Waals surface area (Å²) in [4.78, 5) is 16.2. The molecule has 0 radical (unpaired) electrons. The van der Waals surface area contributed by atoms with Crippen molar-refractivity contribution in [2.45, 2.75) is 25.8 Å². The lowest BCUT2D eigenvalue weighted by atomic mass is 10.0. The van der Waals surface area contributed by atoms with Crippen molar-refractivity contribution < 1.29 is 9.53 Å². The molecule has 1 saturated heterocycles. The lowest BCUT2D eigenvalue weighted by Crippen LogP contribution is -2.13. The second-order valence-corrected chi connectivity index (χ2v) is 5.70. The first-order chi connectivity index (χ1) is 11.2. The number of aromatic nitrogens is 3. The third-order valence-electron chi connectivity index (χ3n) is 3.96. The van der Waals surface area contributed by atoms with E-state index in [1.807, 2.05) is 24.3 Å². The van der Waals surface area contributed by atoms with Gasteiger partial charge in [-0.1, -0.05) is 0 Å². The molecule has 0 aliphatic carbocycles. The zero-order valence-corrected chi connectivity index (χ0v) is 14.1. The summed E-state index contributed by atoms with van der Waals surface area (Å²) in [6.45, 7) is 1.93. The van der Waals surface area contributed by atoms with E-state index in [4.69, 9.17) is 10.5 Å². The van der Waals surface area contributed by atoms with E-state index in [1.54, 1.807) is 0 Å². The van der Waals surface area contributed by atoms with Crippen LogP contribution < -0.4 is 11.1 Å². The van der Waals surface area contributed by atoms with Gasteiger partial charge in [0.15, 0.2) is 5.82 Å². The molecule has 1 aromatic heterocycles. The highest BCUT2D eigenvalue weighted by Gasteiger charge is 2.16. The number of hydrogen-bond donors (Lipinski definition) is 3. The van der Waals surface area contributed by atoms with Gasteiger partial charge < -0.3 is 15.8 Å².